The molecule has 0 saturated carbocycles. The minimum Gasteiger partial charge on any atom is -0.378 e. The van der Waals surface area contributed by atoms with Crippen molar-refractivity contribution in [1.82, 2.24) is 9.97 Å². The van der Waals surface area contributed by atoms with Crippen molar-refractivity contribution >= 4 is 34.6 Å². The maximum absolute atomic E-state index is 11.3. The molecule has 0 unspecified atom stereocenters. The fourth-order valence-corrected chi connectivity index (χ4v) is 4.51. The Bertz CT molecular complexity index is 1170. The fraction of sp³-hybridized carbons (Fsp3) is 0.370. The summed E-state index contributed by atoms with van der Waals surface area (Å²) < 4.78 is 11.1. The van der Waals surface area contributed by atoms with E-state index in [0.29, 0.717) is 5.95 Å². The van der Waals surface area contributed by atoms with E-state index in [2.05, 4.69) is 43.6 Å². The molecular weight excluding hydrogens is 456 g/mol. The highest BCUT2D eigenvalue weighted by Crippen LogP contribution is 2.31. The third-order valence-electron chi connectivity index (χ3n) is 6.36. The maximum Gasteiger partial charge on any atom is 0.227 e. The summed E-state index contributed by atoms with van der Waals surface area (Å²) >= 11 is 0. The number of anilines is 5. The van der Waals surface area contributed by atoms with Crippen LogP contribution in [0.4, 0.5) is 28.7 Å². The zero-order valence-electron chi connectivity index (χ0n) is 20.8. The minimum atomic E-state index is -0.0942. The number of amides is 1. The van der Waals surface area contributed by atoms with E-state index in [1.54, 1.807) is 0 Å². The third kappa shape index (κ3) is 5.75. The predicted octanol–water partition coefficient (Wildman–Crippen LogP) is 3.83. The second-order valence-electron chi connectivity index (χ2n) is 9.05. The lowest BCUT2D eigenvalue weighted by Crippen LogP contribution is -2.38. The van der Waals surface area contributed by atoms with Gasteiger partial charge in [0.1, 0.15) is 0 Å². The number of morpholine rings is 2. The quantitative estimate of drug-likeness (QED) is 0.541. The highest BCUT2D eigenvalue weighted by atomic mass is 16.5. The van der Waals surface area contributed by atoms with E-state index in [-0.39, 0.29) is 5.91 Å². The van der Waals surface area contributed by atoms with Crippen LogP contribution in [-0.4, -0.2) is 68.5 Å². The summed E-state index contributed by atoms with van der Waals surface area (Å²) in [6.45, 7) is 9.89. The number of ether oxygens (including phenoxy) is 2. The molecule has 188 valence electrons. The average molecular weight is 489 g/mol. The van der Waals surface area contributed by atoms with Crippen LogP contribution in [0.2, 0.25) is 0 Å². The van der Waals surface area contributed by atoms with Gasteiger partial charge < -0.3 is 29.9 Å². The van der Waals surface area contributed by atoms with Crippen molar-refractivity contribution in [2.75, 3.05) is 73.0 Å². The number of aryl methyl sites for hydroxylation is 1. The molecule has 3 aromatic rings. The number of carbonyl (C=O) groups is 1. The lowest BCUT2D eigenvalue weighted by Gasteiger charge is -2.33. The van der Waals surface area contributed by atoms with Crippen LogP contribution in [0.3, 0.4) is 0 Å². The first-order chi connectivity index (χ1) is 17.5. The molecule has 5 rings (SSSR count). The van der Waals surface area contributed by atoms with Gasteiger partial charge in [-0.25, -0.2) is 9.97 Å². The van der Waals surface area contributed by atoms with Crippen molar-refractivity contribution in [2.24, 2.45) is 0 Å². The number of hydrogen-bond donors (Lipinski definition) is 2. The monoisotopic (exact) mass is 488 g/mol. The fourth-order valence-electron chi connectivity index (χ4n) is 4.51. The summed E-state index contributed by atoms with van der Waals surface area (Å²) in [6, 6.07) is 14.2. The molecule has 0 atom stereocenters. The smallest absolute Gasteiger partial charge is 0.227 e. The van der Waals surface area contributed by atoms with E-state index in [1.807, 2.05) is 37.4 Å². The second kappa shape index (κ2) is 10.9. The Morgan fingerprint density at radius 2 is 1.44 bits per heavy atom. The van der Waals surface area contributed by atoms with E-state index in [9.17, 15) is 4.79 Å². The number of nitrogens with one attached hydrogen (secondary N) is 2. The van der Waals surface area contributed by atoms with Crippen molar-refractivity contribution < 1.29 is 14.3 Å². The van der Waals surface area contributed by atoms with Crippen LogP contribution < -0.4 is 20.4 Å². The van der Waals surface area contributed by atoms with Gasteiger partial charge in [0.2, 0.25) is 11.9 Å². The van der Waals surface area contributed by atoms with Gasteiger partial charge in [0.25, 0.3) is 0 Å². The van der Waals surface area contributed by atoms with Crippen molar-refractivity contribution in [3.63, 3.8) is 0 Å². The van der Waals surface area contributed by atoms with Gasteiger partial charge in [-0.05, 0) is 42.8 Å². The predicted molar refractivity (Wildman–Crippen MR) is 142 cm³/mol. The van der Waals surface area contributed by atoms with Crippen LogP contribution >= 0.6 is 0 Å². The molecule has 2 saturated heterocycles. The van der Waals surface area contributed by atoms with E-state index in [4.69, 9.17) is 14.5 Å². The largest absolute Gasteiger partial charge is 0.378 e. The third-order valence-corrected chi connectivity index (χ3v) is 6.36. The number of aromatic nitrogens is 2. The van der Waals surface area contributed by atoms with Gasteiger partial charge in [-0.1, -0.05) is 12.1 Å². The molecule has 2 aliphatic heterocycles. The van der Waals surface area contributed by atoms with E-state index in [1.165, 1.54) is 6.92 Å². The molecule has 2 N–H and O–H groups in total. The van der Waals surface area contributed by atoms with Gasteiger partial charge in [0, 0.05) is 67.6 Å². The zero-order valence-corrected chi connectivity index (χ0v) is 20.8. The van der Waals surface area contributed by atoms with Gasteiger partial charge in [-0.2, -0.15) is 0 Å². The summed E-state index contributed by atoms with van der Waals surface area (Å²) in [5, 5.41) is 6.24. The Kier molecular flexibility index (Phi) is 7.29. The van der Waals surface area contributed by atoms with Crippen LogP contribution in [0.25, 0.3) is 11.3 Å². The van der Waals surface area contributed by atoms with E-state index < -0.39 is 0 Å². The number of rotatable bonds is 6. The Morgan fingerprint density at radius 3 is 2.00 bits per heavy atom. The summed E-state index contributed by atoms with van der Waals surface area (Å²) in [5.41, 5.74) is 6.80. The first-order valence-electron chi connectivity index (χ1n) is 12.3. The SMILES string of the molecule is CC(=O)Nc1ccc(-c2nc(Nc3cc(N4CCOCC4)cc(N4CCOCC4)c3)ncc2C)cc1. The standard InChI is InChI=1S/C27H32N6O3/c1-19-18-28-27(31-26(19)21-3-5-22(6-4-21)29-20(2)34)30-23-15-24(32-7-11-35-12-8-32)17-25(16-23)33-9-13-36-14-10-33/h3-6,15-18H,7-14H2,1-2H3,(H,29,34)(H,28,30,31). The van der Waals surface area contributed by atoms with Crippen molar-refractivity contribution in [1.29, 1.82) is 0 Å². The summed E-state index contributed by atoms with van der Waals surface area (Å²) in [4.78, 5) is 25.4. The van der Waals surface area contributed by atoms with Gasteiger partial charge >= 0.3 is 0 Å². The first-order valence-corrected chi connectivity index (χ1v) is 12.3. The summed E-state index contributed by atoms with van der Waals surface area (Å²) in [5.74, 6) is 0.441. The average Bonchev–Trinajstić information content (AvgIpc) is 2.91. The van der Waals surface area contributed by atoms with E-state index in [0.717, 1.165) is 92.2 Å². The molecule has 2 aromatic carbocycles. The molecule has 1 amide bonds. The van der Waals surface area contributed by atoms with Crippen LogP contribution in [0.15, 0.2) is 48.7 Å². The highest BCUT2D eigenvalue weighted by Gasteiger charge is 2.18. The number of benzene rings is 2. The second-order valence-corrected chi connectivity index (χ2v) is 9.05. The molecule has 1 aromatic heterocycles. The van der Waals surface area contributed by atoms with Crippen molar-refractivity contribution in [3.05, 3.63) is 54.2 Å². The summed E-state index contributed by atoms with van der Waals surface area (Å²) in [6.07, 6.45) is 1.83. The Balaban J connectivity index is 1.43. The lowest BCUT2D eigenvalue weighted by atomic mass is 10.1. The Hall–Kier alpha value is -3.69. The van der Waals surface area contributed by atoms with Crippen LogP contribution in [0.5, 0.6) is 0 Å². The molecule has 36 heavy (non-hydrogen) atoms. The zero-order chi connectivity index (χ0) is 24.9. The van der Waals surface area contributed by atoms with E-state index >= 15 is 0 Å². The topological polar surface area (TPSA) is 91.9 Å². The summed E-state index contributed by atoms with van der Waals surface area (Å²) in [7, 11) is 0. The Labute approximate surface area is 211 Å². The van der Waals surface area contributed by atoms with Crippen LogP contribution in [-0.2, 0) is 14.3 Å². The maximum atomic E-state index is 11.3. The first kappa shape index (κ1) is 24.0. The number of nitrogens with zero attached hydrogens (tertiary/aromatic N) is 4. The van der Waals surface area contributed by atoms with Gasteiger partial charge in [-0.15, -0.1) is 0 Å². The van der Waals surface area contributed by atoms with Crippen LogP contribution in [0.1, 0.15) is 12.5 Å². The van der Waals surface area contributed by atoms with Gasteiger partial charge in [0.15, 0.2) is 0 Å². The number of carbonyl (C=O) groups excluding carboxylic acids is 1. The van der Waals surface area contributed by atoms with Crippen LogP contribution in [0, 0.1) is 6.92 Å². The number of hydrogen-bond acceptors (Lipinski definition) is 8. The molecule has 9 nitrogen and oxygen atoms in total. The van der Waals surface area contributed by atoms with Gasteiger partial charge in [-0.3, -0.25) is 4.79 Å². The Morgan fingerprint density at radius 1 is 0.861 bits per heavy atom. The molecule has 0 radical (unpaired) electrons. The van der Waals surface area contributed by atoms with Crippen molar-refractivity contribution in [2.45, 2.75) is 13.8 Å². The minimum absolute atomic E-state index is 0.0942. The lowest BCUT2D eigenvalue weighted by molar-refractivity contribution is -0.114. The van der Waals surface area contributed by atoms with Crippen molar-refractivity contribution in [3.8, 4) is 11.3 Å². The van der Waals surface area contributed by atoms with Gasteiger partial charge in [0.05, 0.1) is 32.1 Å². The molecule has 2 fully saturated rings. The molecule has 2 aliphatic rings. The molecule has 0 aliphatic carbocycles. The molecule has 0 spiro atoms. The molecule has 3 heterocycles. The normalized spacial score (nSPS) is 16.1. The molecular formula is C27H32N6O3. The molecule has 0 bridgehead atoms. The highest BCUT2D eigenvalue weighted by molar-refractivity contribution is 5.89. The molecule has 9 heteroatoms.